The molecule has 3 N–H and O–H groups in total. The second-order valence-electron chi connectivity index (χ2n) is 5.11. The summed E-state index contributed by atoms with van der Waals surface area (Å²) < 4.78 is 10.9. The average Bonchev–Trinajstić information content (AvgIpc) is 2.57. The topological polar surface area (TPSA) is 68.9 Å². The van der Waals surface area contributed by atoms with Crippen LogP contribution in [0.15, 0.2) is 53.5 Å². The molecule has 0 aliphatic rings. The van der Waals surface area contributed by atoms with Crippen LogP contribution < -0.4 is 20.5 Å². The molecule has 0 aliphatic carbocycles. The molecule has 5 nitrogen and oxygen atoms in total. The summed E-state index contributed by atoms with van der Waals surface area (Å²) >= 11 is 0. The fourth-order valence-electron chi connectivity index (χ4n) is 2.01. The lowest BCUT2D eigenvalue weighted by molar-refractivity contribution is 0.313. The number of nitrogens with two attached hydrogens (primary N) is 1. The first-order chi connectivity index (χ1) is 11.2. The van der Waals surface area contributed by atoms with Crippen molar-refractivity contribution in [3.05, 3.63) is 54.1 Å². The van der Waals surface area contributed by atoms with Crippen LogP contribution >= 0.6 is 0 Å². The van der Waals surface area contributed by atoms with E-state index in [9.17, 15) is 0 Å². The Balaban J connectivity index is 1.73. The highest BCUT2D eigenvalue weighted by molar-refractivity contribution is 5.93. The van der Waals surface area contributed by atoms with Crippen LogP contribution in [0.5, 0.6) is 11.5 Å². The molecule has 0 aliphatic heterocycles. The lowest BCUT2D eigenvalue weighted by Crippen LogP contribution is -2.23. The Kier molecular flexibility index (Phi) is 6.29. The first kappa shape index (κ1) is 16.7. The van der Waals surface area contributed by atoms with E-state index >= 15 is 0 Å². The molecule has 0 aromatic heterocycles. The SMILES string of the molecule is COc1ccccc1NC(N)=NCCCOc1ccc(C)cc1. The van der Waals surface area contributed by atoms with Crippen molar-refractivity contribution in [2.24, 2.45) is 10.7 Å². The van der Waals surface area contributed by atoms with Crippen LogP contribution in [0.3, 0.4) is 0 Å². The van der Waals surface area contributed by atoms with Gasteiger partial charge in [-0.2, -0.15) is 0 Å². The van der Waals surface area contributed by atoms with Crippen molar-refractivity contribution in [1.82, 2.24) is 0 Å². The maximum Gasteiger partial charge on any atom is 0.193 e. The summed E-state index contributed by atoms with van der Waals surface area (Å²) in [7, 11) is 1.62. The largest absolute Gasteiger partial charge is 0.495 e. The highest BCUT2D eigenvalue weighted by atomic mass is 16.5. The van der Waals surface area contributed by atoms with Crippen LogP contribution in [0.1, 0.15) is 12.0 Å². The van der Waals surface area contributed by atoms with Gasteiger partial charge < -0.3 is 20.5 Å². The van der Waals surface area contributed by atoms with E-state index in [-0.39, 0.29) is 0 Å². The number of nitrogens with one attached hydrogen (secondary N) is 1. The zero-order chi connectivity index (χ0) is 16.5. The van der Waals surface area contributed by atoms with Crippen molar-refractivity contribution in [1.29, 1.82) is 0 Å². The van der Waals surface area contributed by atoms with Gasteiger partial charge in [0.2, 0.25) is 0 Å². The number of hydrogen-bond acceptors (Lipinski definition) is 3. The number of rotatable bonds is 7. The highest BCUT2D eigenvalue weighted by Crippen LogP contribution is 2.22. The van der Waals surface area contributed by atoms with Gasteiger partial charge in [0.15, 0.2) is 5.96 Å². The van der Waals surface area contributed by atoms with E-state index in [1.54, 1.807) is 7.11 Å². The lowest BCUT2D eigenvalue weighted by atomic mass is 10.2. The van der Waals surface area contributed by atoms with Gasteiger partial charge in [-0.05, 0) is 31.2 Å². The molecule has 0 fully saturated rings. The molecule has 0 spiro atoms. The monoisotopic (exact) mass is 313 g/mol. The molecule has 2 aromatic rings. The molecule has 2 rings (SSSR count). The molecule has 122 valence electrons. The minimum absolute atomic E-state index is 0.366. The summed E-state index contributed by atoms with van der Waals surface area (Å²) in [5, 5.41) is 3.04. The minimum Gasteiger partial charge on any atom is -0.495 e. The van der Waals surface area contributed by atoms with Crippen LogP contribution in [0.2, 0.25) is 0 Å². The number of para-hydroxylation sites is 2. The van der Waals surface area contributed by atoms with E-state index in [1.807, 2.05) is 48.5 Å². The average molecular weight is 313 g/mol. The number of hydrogen-bond donors (Lipinski definition) is 2. The molecule has 0 radical (unpaired) electrons. The Labute approximate surface area is 137 Å². The normalized spacial score (nSPS) is 11.1. The summed E-state index contributed by atoms with van der Waals surface area (Å²) in [5.74, 6) is 1.97. The zero-order valence-corrected chi connectivity index (χ0v) is 13.6. The molecular weight excluding hydrogens is 290 g/mol. The first-order valence-corrected chi connectivity index (χ1v) is 7.58. The van der Waals surface area contributed by atoms with E-state index in [4.69, 9.17) is 15.2 Å². The summed E-state index contributed by atoms with van der Waals surface area (Å²) in [6, 6.07) is 15.6. The minimum atomic E-state index is 0.366. The number of ether oxygens (including phenoxy) is 2. The van der Waals surface area contributed by atoms with Crippen molar-refractivity contribution >= 4 is 11.6 Å². The van der Waals surface area contributed by atoms with Gasteiger partial charge in [0.25, 0.3) is 0 Å². The van der Waals surface area contributed by atoms with Gasteiger partial charge in [-0.3, -0.25) is 4.99 Å². The third-order valence-electron chi connectivity index (χ3n) is 3.24. The number of aliphatic imine (C=N–C) groups is 1. The molecular formula is C18H23N3O2. The summed E-state index contributed by atoms with van der Waals surface area (Å²) in [6.45, 7) is 3.25. The van der Waals surface area contributed by atoms with Crippen molar-refractivity contribution in [2.45, 2.75) is 13.3 Å². The maximum absolute atomic E-state index is 5.88. The molecule has 2 aromatic carbocycles. The van der Waals surface area contributed by atoms with Gasteiger partial charge in [-0.25, -0.2) is 0 Å². The second-order valence-corrected chi connectivity index (χ2v) is 5.11. The zero-order valence-electron chi connectivity index (χ0n) is 13.6. The first-order valence-electron chi connectivity index (χ1n) is 7.58. The van der Waals surface area contributed by atoms with E-state index in [1.165, 1.54) is 5.56 Å². The number of nitrogens with zero attached hydrogens (tertiary/aromatic N) is 1. The molecule has 0 saturated heterocycles. The van der Waals surface area contributed by atoms with E-state index in [2.05, 4.69) is 17.2 Å². The van der Waals surface area contributed by atoms with Crippen molar-refractivity contribution in [3.63, 3.8) is 0 Å². The van der Waals surface area contributed by atoms with Crippen LogP contribution in [0.25, 0.3) is 0 Å². The fourth-order valence-corrected chi connectivity index (χ4v) is 2.01. The number of guanidine groups is 1. The van der Waals surface area contributed by atoms with E-state index in [0.29, 0.717) is 19.1 Å². The molecule has 0 bridgehead atoms. The second kappa shape index (κ2) is 8.68. The van der Waals surface area contributed by atoms with E-state index < -0.39 is 0 Å². The van der Waals surface area contributed by atoms with Crippen LogP contribution in [-0.2, 0) is 0 Å². The Bertz CT molecular complexity index is 639. The van der Waals surface area contributed by atoms with Gasteiger partial charge in [0, 0.05) is 13.0 Å². The molecule has 5 heteroatoms. The van der Waals surface area contributed by atoms with Gasteiger partial charge in [-0.1, -0.05) is 29.8 Å². The summed E-state index contributed by atoms with van der Waals surface area (Å²) in [6.07, 6.45) is 0.794. The number of anilines is 1. The maximum atomic E-state index is 5.88. The quantitative estimate of drug-likeness (QED) is 0.468. The van der Waals surface area contributed by atoms with E-state index in [0.717, 1.165) is 23.6 Å². The molecule has 0 atom stereocenters. The molecule has 0 saturated carbocycles. The predicted octanol–water partition coefficient (Wildman–Crippen LogP) is 3.20. The standard InChI is InChI=1S/C18H23N3O2/c1-14-8-10-15(11-9-14)23-13-5-12-20-18(19)21-16-6-3-4-7-17(16)22-2/h3-4,6-11H,5,12-13H2,1-2H3,(H3,19,20,21). The van der Waals surface area contributed by atoms with Gasteiger partial charge in [0.05, 0.1) is 19.4 Å². The molecule has 0 amide bonds. The van der Waals surface area contributed by atoms with Crippen molar-refractivity contribution in [3.8, 4) is 11.5 Å². The Morgan fingerprint density at radius 1 is 1.13 bits per heavy atom. The van der Waals surface area contributed by atoms with Crippen LogP contribution in [-0.4, -0.2) is 26.2 Å². The Morgan fingerprint density at radius 2 is 1.87 bits per heavy atom. The molecule has 0 unspecified atom stereocenters. The van der Waals surface area contributed by atoms with Crippen molar-refractivity contribution in [2.75, 3.05) is 25.6 Å². The van der Waals surface area contributed by atoms with Crippen LogP contribution in [0, 0.1) is 6.92 Å². The smallest absolute Gasteiger partial charge is 0.193 e. The number of benzene rings is 2. The lowest BCUT2D eigenvalue weighted by Gasteiger charge is -2.10. The molecule has 23 heavy (non-hydrogen) atoms. The third-order valence-corrected chi connectivity index (χ3v) is 3.24. The van der Waals surface area contributed by atoms with Gasteiger partial charge in [0.1, 0.15) is 11.5 Å². The van der Waals surface area contributed by atoms with Crippen LogP contribution in [0.4, 0.5) is 5.69 Å². The van der Waals surface area contributed by atoms with Crippen molar-refractivity contribution < 1.29 is 9.47 Å². The number of aryl methyl sites for hydroxylation is 1. The Hall–Kier alpha value is -2.69. The fraction of sp³-hybridized carbons (Fsp3) is 0.278. The third kappa shape index (κ3) is 5.54. The Morgan fingerprint density at radius 3 is 2.61 bits per heavy atom. The summed E-state index contributed by atoms with van der Waals surface area (Å²) in [4.78, 5) is 4.29. The van der Waals surface area contributed by atoms with Gasteiger partial charge in [-0.15, -0.1) is 0 Å². The van der Waals surface area contributed by atoms with Gasteiger partial charge >= 0.3 is 0 Å². The molecule has 0 heterocycles. The summed E-state index contributed by atoms with van der Waals surface area (Å²) in [5.41, 5.74) is 7.90. The highest BCUT2D eigenvalue weighted by Gasteiger charge is 2.02. The number of methoxy groups -OCH3 is 1. The predicted molar refractivity (Wildman–Crippen MR) is 94.4 cm³/mol.